The van der Waals surface area contributed by atoms with Gasteiger partial charge in [0.2, 0.25) is 0 Å². The quantitative estimate of drug-likeness (QED) is 0.851. The fourth-order valence-corrected chi connectivity index (χ4v) is 4.26. The molecule has 28 heavy (non-hydrogen) atoms. The molecule has 6 nitrogen and oxygen atoms in total. The normalized spacial score (nSPS) is 20.6. The van der Waals surface area contributed by atoms with Crippen molar-refractivity contribution in [2.24, 2.45) is 11.1 Å². The van der Waals surface area contributed by atoms with Crippen LogP contribution in [0.3, 0.4) is 0 Å². The van der Waals surface area contributed by atoms with Gasteiger partial charge in [-0.25, -0.2) is 4.68 Å². The van der Waals surface area contributed by atoms with Crippen molar-refractivity contribution in [2.75, 3.05) is 5.32 Å². The molecule has 2 aliphatic rings. The minimum absolute atomic E-state index is 0.124. The standard InChI is InChI=1S/C22H26N4O2/c1-12(2)13-5-7-14(8-6-13)19-18-16(9-22(3,4)10-17(18)27)25-21-15(20(23)28)11-24-26(19)21/h5-8,11-12,19,25H,9-10H2,1-4H3,(H2,23,28)/t19-/m0/s1. The van der Waals surface area contributed by atoms with Crippen LogP contribution in [0.2, 0.25) is 0 Å². The molecule has 0 fully saturated rings. The number of benzene rings is 1. The molecule has 1 aromatic heterocycles. The van der Waals surface area contributed by atoms with Crippen LogP contribution in [0, 0.1) is 5.41 Å². The number of aromatic nitrogens is 2. The molecule has 4 rings (SSSR count). The highest BCUT2D eigenvalue weighted by Gasteiger charge is 2.42. The smallest absolute Gasteiger partial charge is 0.254 e. The van der Waals surface area contributed by atoms with Crippen LogP contribution in [0.15, 0.2) is 41.7 Å². The van der Waals surface area contributed by atoms with Gasteiger partial charge in [-0.2, -0.15) is 5.10 Å². The van der Waals surface area contributed by atoms with Crippen molar-refractivity contribution >= 4 is 17.5 Å². The number of ketones is 1. The average Bonchev–Trinajstić information content (AvgIpc) is 3.02. The fourth-order valence-electron chi connectivity index (χ4n) is 4.26. The zero-order chi connectivity index (χ0) is 20.2. The van der Waals surface area contributed by atoms with E-state index < -0.39 is 5.91 Å². The SMILES string of the molecule is CC(C)c1ccc([C@H]2C3=C(CC(C)(C)CC3=O)Nc3c(C(N)=O)cnn32)cc1. The van der Waals surface area contributed by atoms with E-state index in [1.54, 1.807) is 4.68 Å². The van der Waals surface area contributed by atoms with E-state index in [0.717, 1.165) is 23.3 Å². The highest BCUT2D eigenvalue weighted by Crippen LogP contribution is 2.46. The summed E-state index contributed by atoms with van der Waals surface area (Å²) >= 11 is 0. The molecule has 3 N–H and O–H groups in total. The van der Waals surface area contributed by atoms with Gasteiger partial charge in [0.05, 0.1) is 6.20 Å². The molecule has 1 amide bonds. The molecule has 1 aliphatic carbocycles. The summed E-state index contributed by atoms with van der Waals surface area (Å²) in [6.07, 6.45) is 2.71. The monoisotopic (exact) mass is 378 g/mol. The third-order valence-corrected chi connectivity index (χ3v) is 5.69. The van der Waals surface area contributed by atoms with Crippen LogP contribution in [0.1, 0.15) is 74.0 Å². The molecule has 1 aromatic carbocycles. The van der Waals surface area contributed by atoms with E-state index >= 15 is 0 Å². The molecule has 2 aromatic rings. The number of nitrogens with one attached hydrogen (secondary N) is 1. The molecule has 0 radical (unpaired) electrons. The zero-order valence-electron chi connectivity index (χ0n) is 16.7. The van der Waals surface area contributed by atoms with Crippen molar-refractivity contribution in [3.8, 4) is 0 Å². The van der Waals surface area contributed by atoms with Crippen LogP contribution in [0.5, 0.6) is 0 Å². The van der Waals surface area contributed by atoms with Gasteiger partial charge in [0.25, 0.3) is 5.91 Å². The molecular weight excluding hydrogens is 352 g/mol. The summed E-state index contributed by atoms with van der Waals surface area (Å²) in [6, 6.07) is 7.94. The highest BCUT2D eigenvalue weighted by atomic mass is 16.1. The molecule has 0 saturated carbocycles. The predicted octanol–water partition coefficient (Wildman–Crippen LogP) is 3.76. The van der Waals surface area contributed by atoms with Gasteiger partial charge in [0.1, 0.15) is 17.4 Å². The molecule has 0 spiro atoms. The summed E-state index contributed by atoms with van der Waals surface area (Å²) in [5.41, 5.74) is 9.58. The zero-order valence-corrected chi connectivity index (χ0v) is 16.7. The number of primary amides is 1. The number of amides is 1. The summed E-state index contributed by atoms with van der Waals surface area (Å²) in [7, 11) is 0. The second-order valence-corrected chi connectivity index (χ2v) is 8.90. The summed E-state index contributed by atoms with van der Waals surface area (Å²) in [5, 5.41) is 7.72. The number of nitrogens with zero attached hydrogens (tertiary/aromatic N) is 2. The van der Waals surface area contributed by atoms with E-state index in [9.17, 15) is 9.59 Å². The van der Waals surface area contributed by atoms with Crippen LogP contribution >= 0.6 is 0 Å². The number of hydrogen-bond acceptors (Lipinski definition) is 4. The molecule has 1 aliphatic heterocycles. The Balaban J connectivity index is 1.89. The Morgan fingerprint density at radius 2 is 1.93 bits per heavy atom. The Morgan fingerprint density at radius 3 is 2.54 bits per heavy atom. The van der Waals surface area contributed by atoms with Gasteiger partial charge in [-0.3, -0.25) is 9.59 Å². The van der Waals surface area contributed by atoms with Crippen LogP contribution in [0.25, 0.3) is 0 Å². The molecule has 1 atom stereocenters. The summed E-state index contributed by atoms with van der Waals surface area (Å²) < 4.78 is 1.72. The molecule has 0 unspecified atom stereocenters. The van der Waals surface area contributed by atoms with E-state index in [2.05, 4.69) is 62.4 Å². The first-order valence-corrected chi connectivity index (χ1v) is 9.68. The summed E-state index contributed by atoms with van der Waals surface area (Å²) in [6.45, 7) is 8.47. The van der Waals surface area contributed by atoms with Crippen molar-refractivity contribution < 1.29 is 9.59 Å². The van der Waals surface area contributed by atoms with E-state index in [1.165, 1.54) is 11.8 Å². The molecule has 2 heterocycles. The minimum atomic E-state index is -0.534. The number of hydrogen-bond donors (Lipinski definition) is 2. The Kier molecular flexibility index (Phi) is 4.17. The van der Waals surface area contributed by atoms with Crippen LogP contribution in [-0.2, 0) is 4.79 Å². The second-order valence-electron chi connectivity index (χ2n) is 8.90. The lowest BCUT2D eigenvalue weighted by molar-refractivity contribution is -0.118. The fraction of sp³-hybridized carbons (Fsp3) is 0.409. The third-order valence-electron chi connectivity index (χ3n) is 5.69. The van der Waals surface area contributed by atoms with Gasteiger partial charge in [-0.05, 0) is 28.9 Å². The predicted molar refractivity (Wildman–Crippen MR) is 108 cm³/mol. The Bertz CT molecular complexity index is 996. The van der Waals surface area contributed by atoms with Gasteiger partial charge in [0.15, 0.2) is 5.78 Å². The molecular formula is C22H26N4O2. The molecule has 0 saturated heterocycles. The average molecular weight is 378 g/mol. The lowest BCUT2D eigenvalue weighted by atomic mass is 9.73. The number of Topliss-reactive ketones (excluding diaryl/α,β-unsaturated/α-hetero) is 1. The van der Waals surface area contributed by atoms with Gasteiger partial charge in [0, 0.05) is 17.7 Å². The van der Waals surface area contributed by atoms with Crippen LogP contribution in [0.4, 0.5) is 5.82 Å². The molecule has 146 valence electrons. The number of carbonyl (C=O) groups is 2. The van der Waals surface area contributed by atoms with Crippen molar-refractivity contribution in [3.63, 3.8) is 0 Å². The maximum atomic E-state index is 13.1. The topological polar surface area (TPSA) is 90.0 Å². The summed E-state index contributed by atoms with van der Waals surface area (Å²) in [5.74, 6) is 0.580. The molecule has 6 heteroatoms. The van der Waals surface area contributed by atoms with Gasteiger partial charge < -0.3 is 11.1 Å². The Hall–Kier alpha value is -2.89. The maximum absolute atomic E-state index is 13.1. The van der Waals surface area contributed by atoms with Crippen molar-refractivity contribution in [2.45, 2.75) is 52.5 Å². The Labute approximate surface area is 164 Å². The van der Waals surface area contributed by atoms with E-state index in [0.29, 0.717) is 23.7 Å². The van der Waals surface area contributed by atoms with Crippen LogP contribution in [-0.4, -0.2) is 21.5 Å². The third kappa shape index (κ3) is 2.93. The van der Waals surface area contributed by atoms with Gasteiger partial charge >= 0.3 is 0 Å². The highest BCUT2D eigenvalue weighted by molar-refractivity contribution is 6.02. The largest absolute Gasteiger partial charge is 0.365 e. The first-order valence-electron chi connectivity index (χ1n) is 9.68. The first-order chi connectivity index (χ1) is 13.2. The van der Waals surface area contributed by atoms with Crippen molar-refractivity contribution in [1.82, 2.24) is 9.78 Å². The Morgan fingerprint density at radius 1 is 1.25 bits per heavy atom. The second kappa shape index (κ2) is 6.33. The van der Waals surface area contributed by atoms with Crippen molar-refractivity contribution in [1.29, 1.82) is 0 Å². The van der Waals surface area contributed by atoms with Gasteiger partial charge in [-0.15, -0.1) is 0 Å². The van der Waals surface area contributed by atoms with E-state index in [4.69, 9.17) is 5.73 Å². The first kappa shape index (κ1) is 18.5. The number of nitrogens with two attached hydrogens (primary N) is 1. The number of carbonyl (C=O) groups excluding carboxylic acids is 2. The number of fused-ring (bicyclic) bond motifs is 1. The van der Waals surface area contributed by atoms with Crippen molar-refractivity contribution in [3.05, 3.63) is 58.4 Å². The van der Waals surface area contributed by atoms with Gasteiger partial charge in [-0.1, -0.05) is 52.0 Å². The lowest BCUT2D eigenvalue weighted by Crippen LogP contribution is -2.37. The number of anilines is 1. The van der Waals surface area contributed by atoms with E-state index in [1.807, 2.05) is 0 Å². The summed E-state index contributed by atoms with van der Waals surface area (Å²) in [4.78, 5) is 25.0. The maximum Gasteiger partial charge on any atom is 0.254 e. The van der Waals surface area contributed by atoms with E-state index in [-0.39, 0.29) is 17.2 Å². The molecule has 0 bridgehead atoms. The lowest BCUT2D eigenvalue weighted by Gasteiger charge is -2.39. The number of allylic oxidation sites excluding steroid dienone is 2. The number of rotatable bonds is 3. The van der Waals surface area contributed by atoms with Crippen LogP contribution < -0.4 is 11.1 Å². The minimum Gasteiger partial charge on any atom is -0.365 e.